The maximum atomic E-state index is 12.1. The Hall–Kier alpha value is -2.72. The van der Waals surface area contributed by atoms with Gasteiger partial charge in [0.25, 0.3) is 0 Å². The summed E-state index contributed by atoms with van der Waals surface area (Å²) in [6.45, 7) is 0. The highest BCUT2D eigenvalue weighted by atomic mass is 79.9. The summed E-state index contributed by atoms with van der Waals surface area (Å²) in [5.41, 5.74) is 0.383. The van der Waals surface area contributed by atoms with E-state index in [2.05, 4.69) is 62.5 Å². The van der Waals surface area contributed by atoms with E-state index in [0.717, 1.165) is 11.9 Å². The number of halogens is 4. The lowest BCUT2D eigenvalue weighted by Crippen LogP contribution is -2.23. The molecule has 3 aromatic rings. The van der Waals surface area contributed by atoms with Crippen LogP contribution in [0.15, 0.2) is 44.2 Å². The minimum absolute atomic E-state index is 0.0971. The Kier molecular flexibility index (Phi) is 12.4. The fraction of sp³-hybridized carbons (Fsp3) is 0.190. The van der Waals surface area contributed by atoms with Crippen LogP contribution in [0.4, 0.5) is 27.8 Å². The number of urea groups is 1. The first-order chi connectivity index (χ1) is 18.1. The summed E-state index contributed by atoms with van der Waals surface area (Å²) in [7, 11) is 6.20. The fourth-order valence-corrected chi connectivity index (χ4v) is 4.81. The first kappa shape index (κ1) is 31.5. The lowest BCUT2D eigenvalue weighted by molar-refractivity contribution is -0.384. The number of methoxy groups -OCH3 is 2. The molecule has 4 N–H and O–H groups in total. The number of hydrogen-bond acceptors (Lipinski definition) is 10. The van der Waals surface area contributed by atoms with Crippen molar-refractivity contribution in [1.82, 2.24) is 14.7 Å². The predicted molar refractivity (Wildman–Crippen MR) is 157 cm³/mol. The van der Waals surface area contributed by atoms with Gasteiger partial charge in [-0.1, -0.05) is 29.3 Å². The van der Waals surface area contributed by atoms with E-state index in [1.54, 1.807) is 38.4 Å². The molecular weight excluding hydrogens is 693 g/mol. The highest BCUT2D eigenvalue weighted by Crippen LogP contribution is 2.34. The Bertz CT molecular complexity index is 1300. The summed E-state index contributed by atoms with van der Waals surface area (Å²) in [4.78, 5) is 30.9. The maximum Gasteiger partial charge on any atom is 0.329 e. The Morgan fingerprint density at radius 3 is 2.03 bits per heavy atom. The minimum atomic E-state index is -0.511. The van der Waals surface area contributed by atoms with Crippen molar-refractivity contribution in [3.8, 4) is 11.8 Å². The zero-order chi connectivity index (χ0) is 28.4. The first-order valence-electron chi connectivity index (χ1n) is 10.2. The Morgan fingerprint density at radius 1 is 1.00 bits per heavy atom. The molecule has 2 amide bonds. The lowest BCUT2D eigenvalue weighted by Gasteiger charge is -2.13. The quantitative estimate of drug-likeness (QED) is 0.111. The van der Waals surface area contributed by atoms with Crippen LogP contribution in [0, 0.1) is 10.1 Å². The Balaban J connectivity index is 0.000000308. The van der Waals surface area contributed by atoms with Gasteiger partial charge in [0, 0.05) is 20.2 Å². The van der Waals surface area contributed by atoms with Crippen LogP contribution in [-0.2, 0) is 0 Å². The molecular formula is C21H21Br2Cl2N7O5S. The van der Waals surface area contributed by atoms with Crippen molar-refractivity contribution in [2.24, 2.45) is 0 Å². The van der Waals surface area contributed by atoms with E-state index in [4.69, 9.17) is 32.7 Å². The van der Waals surface area contributed by atoms with Crippen molar-refractivity contribution in [3.63, 3.8) is 0 Å². The number of amides is 2. The predicted octanol–water partition coefficient (Wildman–Crippen LogP) is 6.83. The van der Waals surface area contributed by atoms with Crippen LogP contribution in [0.25, 0.3) is 0 Å². The molecule has 0 saturated carbocycles. The molecule has 0 aliphatic rings. The normalized spacial score (nSPS) is 10.0. The molecule has 0 aliphatic carbocycles. The van der Waals surface area contributed by atoms with Gasteiger partial charge >= 0.3 is 11.7 Å². The molecule has 204 valence electrons. The smallest absolute Gasteiger partial charge is 0.329 e. The number of ether oxygens (including phenoxy) is 2. The maximum absolute atomic E-state index is 12.1. The fourth-order valence-electron chi connectivity index (χ4n) is 2.65. The minimum Gasteiger partial charge on any atom is -0.480 e. The van der Waals surface area contributed by atoms with Gasteiger partial charge in [-0.05, 0) is 62.0 Å². The first-order valence-corrected chi connectivity index (χ1v) is 13.4. The van der Waals surface area contributed by atoms with Crippen LogP contribution in [-0.4, -0.2) is 49.2 Å². The lowest BCUT2D eigenvalue weighted by atomic mass is 10.3. The molecule has 0 bridgehead atoms. The van der Waals surface area contributed by atoms with Gasteiger partial charge < -0.3 is 25.4 Å². The molecule has 12 nitrogen and oxygen atoms in total. The summed E-state index contributed by atoms with van der Waals surface area (Å²) in [5.74, 6) is 1.35. The number of aromatic nitrogens is 2. The molecule has 0 aliphatic heterocycles. The second-order valence-electron chi connectivity index (χ2n) is 6.69. The van der Waals surface area contributed by atoms with E-state index in [9.17, 15) is 14.9 Å². The van der Waals surface area contributed by atoms with E-state index < -0.39 is 11.0 Å². The number of hydrogen-bond donors (Lipinski definition) is 4. The second kappa shape index (κ2) is 15.0. The van der Waals surface area contributed by atoms with Gasteiger partial charge in [0.2, 0.25) is 17.6 Å². The molecule has 17 heteroatoms. The SMILES string of the molecule is CNc1nc(OC)c(Br)cc1NC(=O)NSc1c(Cl)cccc1Cl.CNc1nc(OC)c(Br)cc1[N+](=O)[O-]. The molecule has 3 rings (SSSR count). The van der Waals surface area contributed by atoms with E-state index in [0.29, 0.717) is 47.2 Å². The zero-order valence-electron chi connectivity index (χ0n) is 20.2. The van der Waals surface area contributed by atoms with Gasteiger partial charge in [0.15, 0.2) is 5.82 Å². The van der Waals surface area contributed by atoms with Crippen molar-refractivity contribution in [1.29, 1.82) is 0 Å². The highest BCUT2D eigenvalue weighted by molar-refractivity contribution is 9.10. The van der Waals surface area contributed by atoms with Gasteiger partial charge in [-0.15, -0.1) is 0 Å². The summed E-state index contributed by atoms with van der Waals surface area (Å²) in [6, 6.07) is 7.69. The second-order valence-corrected chi connectivity index (χ2v) is 10.0. The van der Waals surface area contributed by atoms with Crippen molar-refractivity contribution in [3.05, 3.63) is 59.4 Å². The molecule has 1 aromatic carbocycles. The van der Waals surface area contributed by atoms with Gasteiger partial charge in [-0.2, -0.15) is 9.97 Å². The average molecular weight is 714 g/mol. The summed E-state index contributed by atoms with van der Waals surface area (Å²) in [5, 5.41) is 19.7. The number of anilines is 3. The average Bonchev–Trinajstić information content (AvgIpc) is 2.88. The Labute approximate surface area is 249 Å². The number of nitrogens with zero attached hydrogens (tertiary/aromatic N) is 3. The summed E-state index contributed by atoms with van der Waals surface area (Å²) >= 11 is 19.6. The van der Waals surface area contributed by atoms with Gasteiger partial charge in [-0.25, -0.2) is 4.79 Å². The largest absolute Gasteiger partial charge is 0.480 e. The summed E-state index contributed by atoms with van der Waals surface area (Å²) < 4.78 is 13.7. The number of carbonyl (C=O) groups excluding carboxylic acids is 1. The standard InChI is InChI=1S/C14H13BrCl2N4O2S.C7H8BrN3O3/c1-18-12-10(6-7(15)13(20-12)23-2)19-14(22)21-24-11-8(16)4-3-5-9(11)17;1-9-6-5(11(12)13)3-4(8)7(10-6)14-2/h3-6H,1-2H3,(H,18,20)(H2,19,21,22);3H,1-2H3,(H,9,10). The molecule has 0 unspecified atom stereocenters. The topological polar surface area (TPSA) is 153 Å². The van der Waals surface area contributed by atoms with Crippen molar-refractivity contribution in [2.75, 3.05) is 44.3 Å². The molecule has 0 radical (unpaired) electrons. The van der Waals surface area contributed by atoms with Crippen LogP contribution in [0.5, 0.6) is 11.8 Å². The third-order valence-electron chi connectivity index (χ3n) is 4.34. The van der Waals surface area contributed by atoms with Crippen LogP contribution >= 0.6 is 67.0 Å². The van der Waals surface area contributed by atoms with Gasteiger partial charge in [0.05, 0.1) is 48.7 Å². The molecule has 0 saturated heterocycles. The molecule has 0 spiro atoms. The van der Waals surface area contributed by atoms with Crippen LogP contribution in [0.3, 0.4) is 0 Å². The number of carbonyl (C=O) groups is 1. The number of pyridine rings is 2. The zero-order valence-corrected chi connectivity index (χ0v) is 25.7. The number of benzene rings is 1. The van der Waals surface area contributed by atoms with E-state index in [1.807, 2.05) is 0 Å². The summed E-state index contributed by atoms with van der Waals surface area (Å²) in [6.07, 6.45) is 0. The van der Waals surface area contributed by atoms with E-state index in [1.165, 1.54) is 20.3 Å². The monoisotopic (exact) mass is 711 g/mol. The van der Waals surface area contributed by atoms with Crippen molar-refractivity contribution < 1.29 is 19.2 Å². The van der Waals surface area contributed by atoms with Crippen LogP contribution in [0.1, 0.15) is 0 Å². The van der Waals surface area contributed by atoms with Crippen LogP contribution in [0.2, 0.25) is 10.0 Å². The highest BCUT2D eigenvalue weighted by Gasteiger charge is 2.18. The number of rotatable bonds is 8. The van der Waals surface area contributed by atoms with E-state index >= 15 is 0 Å². The van der Waals surface area contributed by atoms with Gasteiger partial charge in [-0.3, -0.25) is 14.8 Å². The van der Waals surface area contributed by atoms with Crippen molar-refractivity contribution in [2.45, 2.75) is 4.90 Å². The number of nitro groups is 1. The van der Waals surface area contributed by atoms with Gasteiger partial charge in [0.1, 0.15) is 0 Å². The number of nitrogens with one attached hydrogen (secondary N) is 4. The molecule has 38 heavy (non-hydrogen) atoms. The van der Waals surface area contributed by atoms with Crippen molar-refractivity contribution >= 4 is 96.1 Å². The molecule has 2 heterocycles. The van der Waals surface area contributed by atoms with Crippen LogP contribution < -0.4 is 30.1 Å². The molecule has 2 aromatic heterocycles. The Morgan fingerprint density at radius 2 is 1.53 bits per heavy atom. The third-order valence-corrected chi connectivity index (χ3v) is 7.26. The molecule has 0 atom stereocenters. The molecule has 0 fully saturated rings. The third kappa shape index (κ3) is 8.39. The van der Waals surface area contributed by atoms with E-state index in [-0.39, 0.29) is 11.5 Å².